The molecule has 0 fully saturated rings. The monoisotopic (exact) mass is 405 g/mol. The summed E-state index contributed by atoms with van der Waals surface area (Å²) in [5.74, 6) is -5.42. The van der Waals surface area contributed by atoms with Crippen molar-refractivity contribution in [2.75, 3.05) is 0 Å². The van der Waals surface area contributed by atoms with E-state index >= 15 is 0 Å². The Morgan fingerprint density at radius 2 is 1.61 bits per heavy atom. The van der Waals surface area contributed by atoms with Crippen molar-refractivity contribution in [2.45, 2.75) is 12.6 Å². The topological polar surface area (TPSA) is 127 Å². The zero-order valence-corrected chi connectivity index (χ0v) is 13.6. The number of carboxylic acids is 2. The van der Waals surface area contributed by atoms with Gasteiger partial charge < -0.3 is 14.9 Å². The molecule has 0 amide bonds. The van der Waals surface area contributed by atoms with Crippen LogP contribution in [0, 0.1) is 15.9 Å². The minimum atomic E-state index is -5.08. The van der Waals surface area contributed by atoms with E-state index in [2.05, 4.69) is 0 Å². The average Bonchev–Trinajstić information content (AvgIpc) is 2.58. The number of rotatable bonds is 5. The fourth-order valence-corrected chi connectivity index (χ4v) is 1.73. The molecule has 0 aromatic heterocycles. The molecule has 0 atom stereocenters. The number of nitro benzene ring substituents is 1. The minimum Gasteiger partial charge on any atom is -0.481 e. The molecule has 2 aromatic carbocycles. The standard InChI is InChI=1S/C14H10FNO5.C2HF3O2/c15-13-9(8-12(17)18)6-7-11(16(19)20)14(13)21-10-4-2-1-3-5-10;3-2(4,5)1(6)7/h1-7H,8H2,(H,17,18);(H,6,7). The summed E-state index contributed by atoms with van der Waals surface area (Å²) < 4.78 is 51.2. The molecule has 0 aliphatic carbocycles. The first-order chi connectivity index (χ1) is 12.9. The van der Waals surface area contributed by atoms with Crippen LogP contribution in [0.15, 0.2) is 42.5 Å². The maximum Gasteiger partial charge on any atom is 0.490 e. The maximum atomic E-state index is 14.2. The third kappa shape index (κ3) is 6.55. The van der Waals surface area contributed by atoms with E-state index in [4.69, 9.17) is 19.7 Å². The molecular formula is C16H11F4NO7. The summed E-state index contributed by atoms with van der Waals surface area (Å²) in [5.41, 5.74) is -0.746. The second-order valence-electron chi connectivity index (χ2n) is 4.93. The van der Waals surface area contributed by atoms with Gasteiger partial charge in [-0.05, 0) is 18.2 Å². The average molecular weight is 405 g/mol. The Morgan fingerprint density at radius 3 is 2.04 bits per heavy atom. The van der Waals surface area contributed by atoms with Gasteiger partial charge in [-0.2, -0.15) is 13.2 Å². The third-order valence-electron chi connectivity index (χ3n) is 2.90. The van der Waals surface area contributed by atoms with E-state index < -0.39 is 46.7 Å². The number of alkyl halides is 3. The smallest absolute Gasteiger partial charge is 0.481 e. The van der Waals surface area contributed by atoms with E-state index in [1.807, 2.05) is 0 Å². The van der Waals surface area contributed by atoms with Crippen molar-refractivity contribution in [1.29, 1.82) is 0 Å². The number of aliphatic carboxylic acids is 2. The van der Waals surface area contributed by atoms with Crippen molar-refractivity contribution < 1.29 is 47.0 Å². The van der Waals surface area contributed by atoms with Gasteiger partial charge in [0.25, 0.3) is 0 Å². The molecule has 0 spiro atoms. The van der Waals surface area contributed by atoms with Gasteiger partial charge in [0.2, 0.25) is 5.75 Å². The van der Waals surface area contributed by atoms with Gasteiger partial charge in [0.05, 0.1) is 11.3 Å². The fourth-order valence-electron chi connectivity index (χ4n) is 1.73. The van der Waals surface area contributed by atoms with Crippen LogP contribution in [0.5, 0.6) is 11.5 Å². The molecule has 12 heteroatoms. The molecule has 2 aromatic rings. The molecule has 0 radical (unpaired) electrons. The Morgan fingerprint density at radius 1 is 1.07 bits per heavy atom. The van der Waals surface area contributed by atoms with Gasteiger partial charge >= 0.3 is 23.8 Å². The molecule has 150 valence electrons. The molecule has 0 aliphatic rings. The summed E-state index contributed by atoms with van der Waals surface area (Å²) >= 11 is 0. The second kappa shape index (κ2) is 9.30. The first kappa shape index (κ1) is 22.3. The molecule has 0 unspecified atom stereocenters. The summed E-state index contributed by atoms with van der Waals surface area (Å²) in [6.45, 7) is 0. The van der Waals surface area contributed by atoms with Crippen LogP contribution in [0.2, 0.25) is 0 Å². The van der Waals surface area contributed by atoms with Crippen LogP contribution in [0.25, 0.3) is 0 Å². The molecule has 28 heavy (non-hydrogen) atoms. The summed E-state index contributed by atoms with van der Waals surface area (Å²) in [6.07, 6.45) is -5.67. The molecule has 2 rings (SSSR count). The van der Waals surface area contributed by atoms with Crippen LogP contribution in [-0.2, 0) is 16.0 Å². The Hall–Kier alpha value is -3.70. The number of hydrogen-bond donors (Lipinski definition) is 2. The van der Waals surface area contributed by atoms with E-state index in [1.54, 1.807) is 18.2 Å². The molecule has 0 aliphatic heterocycles. The van der Waals surface area contributed by atoms with Gasteiger partial charge in [0, 0.05) is 11.6 Å². The van der Waals surface area contributed by atoms with E-state index in [0.29, 0.717) is 0 Å². The molecule has 2 N–H and O–H groups in total. The lowest BCUT2D eigenvalue weighted by atomic mass is 10.1. The quantitative estimate of drug-likeness (QED) is 0.440. The number of para-hydroxylation sites is 1. The van der Waals surface area contributed by atoms with E-state index in [-0.39, 0.29) is 11.3 Å². The Balaban J connectivity index is 0.000000480. The van der Waals surface area contributed by atoms with Gasteiger partial charge in [-0.1, -0.05) is 18.2 Å². The van der Waals surface area contributed by atoms with Crippen molar-refractivity contribution in [1.82, 2.24) is 0 Å². The van der Waals surface area contributed by atoms with Crippen LogP contribution in [0.4, 0.5) is 23.2 Å². The zero-order valence-electron chi connectivity index (χ0n) is 13.6. The predicted octanol–water partition coefficient (Wildman–Crippen LogP) is 3.79. The van der Waals surface area contributed by atoms with Crippen molar-refractivity contribution in [2.24, 2.45) is 0 Å². The summed E-state index contributed by atoms with van der Waals surface area (Å²) in [7, 11) is 0. The first-order valence-corrected chi connectivity index (χ1v) is 7.14. The second-order valence-corrected chi connectivity index (χ2v) is 4.93. The van der Waals surface area contributed by atoms with Crippen LogP contribution in [0.1, 0.15) is 5.56 Å². The van der Waals surface area contributed by atoms with Crippen LogP contribution in [-0.4, -0.2) is 33.3 Å². The third-order valence-corrected chi connectivity index (χ3v) is 2.90. The van der Waals surface area contributed by atoms with E-state index in [0.717, 1.165) is 12.1 Å². The van der Waals surface area contributed by atoms with Crippen LogP contribution >= 0.6 is 0 Å². The molecular weight excluding hydrogens is 394 g/mol. The number of carboxylic acid groups (broad SMARTS) is 2. The lowest BCUT2D eigenvalue weighted by Crippen LogP contribution is -2.21. The van der Waals surface area contributed by atoms with Crippen molar-refractivity contribution in [3.63, 3.8) is 0 Å². The van der Waals surface area contributed by atoms with E-state index in [1.165, 1.54) is 12.1 Å². The largest absolute Gasteiger partial charge is 0.490 e. The normalized spacial score (nSPS) is 10.4. The Kier molecular flexibility index (Phi) is 7.42. The number of nitrogens with zero attached hydrogens (tertiary/aromatic N) is 1. The molecule has 0 bridgehead atoms. The van der Waals surface area contributed by atoms with Gasteiger partial charge in [-0.3, -0.25) is 14.9 Å². The number of carbonyl (C=O) groups is 2. The SMILES string of the molecule is O=C(O)C(F)(F)F.O=C(O)Cc1ccc([N+](=O)[O-])c(Oc2ccccc2)c1F. The summed E-state index contributed by atoms with van der Waals surface area (Å²) in [4.78, 5) is 29.7. The van der Waals surface area contributed by atoms with Crippen molar-refractivity contribution >= 4 is 17.6 Å². The van der Waals surface area contributed by atoms with Gasteiger partial charge in [-0.15, -0.1) is 0 Å². The number of hydrogen-bond acceptors (Lipinski definition) is 5. The zero-order chi connectivity index (χ0) is 21.5. The fraction of sp³-hybridized carbons (Fsp3) is 0.125. The van der Waals surface area contributed by atoms with Gasteiger partial charge in [0.15, 0.2) is 5.82 Å². The molecule has 0 saturated carbocycles. The highest BCUT2D eigenvalue weighted by Crippen LogP contribution is 2.35. The first-order valence-electron chi connectivity index (χ1n) is 7.14. The number of ether oxygens (including phenoxy) is 1. The number of halogens is 4. The van der Waals surface area contributed by atoms with Crippen LogP contribution in [0.3, 0.4) is 0 Å². The highest BCUT2D eigenvalue weighted by molar-refractivity contribution is 5.73. The number of nitro groups is 1. The van der Waals surface area contributed by atoms with Crippen molar-refractivity contribution in [3.05, 3.63) is 64.0 Å². The summed E-state index contributed by atoms with van der Waals surface area (Å²) in [5, 5.41) is 26.8. The van der Waals surface area contributed by atoms with E-state index in [9.17, 15) is 32.5 Å². The highest BCUT2D eigenvalue weighted by atomic mass is 19.4. The highest BCUT2D eigenvalue weighted by Gasteiger charge is 2.38. The molecule has 8 nitrogen and oxygen atoms in total. The lowest BCUT2D eigenvalue weighted by molar-refractivity contribution is -0.385. The van der Waals surface area contributed by atoms with Gasteiger partial charge in [0.1, 0.15) is 5.75 Å². The molecule has 0 saturated heterocycles. The Bertz CT molecular complexity index is 869. The minimum absolute atomic E-state index is 0.181. The Labute approximate surface area is 153 Å². The molecule has 0 heterocycles. The summed E-state index contributed by atoms with van der Waals surface area (Å²) in [6, 6.07) is 10.1. The predicted molar refractivity (Wildman–Crippen MR) is 84.6 cm³/mol. The maximum absolute atomic E-state index is 14.2. The number of benzene rings is 2. The van der Waals surface area contributed by atoms with Gasteiger partial charge in [-0.25, -0.2) is 9.18 Å². The van der Waals surface area contributed by atoms with Crippen LogP contribution < -0.4 is 4.74 Å². The van der Waals surface area contributed by atoms with Crippen molar-refractivity contribution in [3.8, 4) is 11.5 Å². The lowest BCUT2D eigenvalue weighted by Gasteiger charge is -2.09.